The fourth-order valence-electron chi connectivity index (χ4n) is 2.46. The van der Waals surface area contributed by atoms with Crippen molar-refractivity contribution in [3.05, 3.63) is 71.3 Å². The van der Waals surface area contributed by atoms with Crippen LogP contribution in [0, 0.1) is 0 Å². The Labute approximate surface area is 160 Å². The van der Waals surface area contributed by atoms with Gasteiger partial charge < -0.3 is 14.8 Å². The molecule has 144 valence electrons. The Bertz CT molecular complexity index is 748. The number of amides is 1. The van der Waals surface area contributed by atoms with Crippen molar-refractivity contribution in [1.29, 1.82) is 0 Å². The van der Waals surface area contributed by atoms with E-state index in [1.807, 2.05) is 70.2 Å². The predicted octanol–water partition coefficient (Wildman–Crippen LogP) is 4.67. The molecule has 0 saturated heterocycles. The molecule has 0 spiro atoms. The minimum absolute atomic E-state index is 0.162. The van der Waals surface area contributed by atoms with Gasteiger partial charge in [0, 0.05) is 6.42 Å². The van der Waals surface area contributed by atoms with Gasteiger partial charge in [-0.3, -0.25) is 0 Å². The fourth-order valence-corrected chi connectivity index (χ4v) is 2.46. The van der Waals surface area contributed by atoms with Crippen LogP contribution in [0.5, 0.6) is 0 Å². The highest BCUT2D eigenvalue weighted by Gasteiger charge is 2.18. The third-order valence-electron chi connectivity index (χ3n) is 3.85. The lowest BCUT2D eigenvalue weighted by molar-refractivity contribution is 0.0498. The van der Waals surface area contributed by atoms with Crippen molar-refractivity contribution in [3.8, 4) is 0 Å². The van der Waals surface area contributed by atoms with Gasteiger partial charge in [-0.2, -0.15) is 0 Å². The van der Waals surface area contributed by atoms with E-state index < -0.39 is 11.7 Å². The maximum absolute atomic E-state index is 11.9. The minimum Gasteiger partial charge on any atom is -0.462 e. The Morgan fingerprint density at radius 1 is 1.00 bits per heavy atom. The number of rotatable bonds is 6. The number of benzene rings is 2. The van der Waals surface area contributed by atoms with Crippen molar-refractivity contribution in [2.45, 2.75) is 45.8 Å². The lowest BCUT2D eigenvalue weighted by Crippen LogP contribution is -2.34. The summed E-state index contributed by atoms with van der Waals surface area (Å²) in [5, 5.41) is 2.82. The number of carbonyl (C=O) groups excluding carboxylic acids is 2. The second-order valence-electron chi connectivity index (χ2n) is 7.36. The molecule has 0 saturated carbocycles. The minimum atomic E-state index is -0.523. The van der Waals surface area contributed by atoms with Gasteiger partial charge >= 0.3 is 12.1 Å². The molecule has 0 heterocycles. The van der Waals surface area contributed by atoms with Crippen LogP contribution in [0.25, 0.3) is 0 Å². The number of hydrogen-bond donors (Lipinski definition) is 1. The Kier molecular flexibility index (Phi) is 6.99. The first-order chi connectivity index (χ1) is 12.7. The zero-order chi connectivity index (χ0) is 19.9. The first-order valence-corrected chi connectivity index (χ1v) is 9.05. The molecule has 2 rings (SSSR count). The normalized spacial score (nSPS) is 12.1. The molecule has 0 aliphatic heterocycles. The van der Waals surface area contributed by atoms with Crippen LogP contribution in [0.1, 0.15) is 55.2 Å². The standard InChI is InChI=1S/C22H27NO4/c1-16(23-21(25)27-22(2,3)4)18-12-10-17(11-13-18)14-15-26-20(24)19-8-6-5-7-9-19/h5-13,16H,14-15H2,1-4H3,(H,23,25)/t16-/m0/s1. The Hall–Kier alpha value is -2.82. The molecule has 0 fully saturated rings. The molecule has 5 nitrogen and oxygen atoms in total. The maximum atomic E-state index is 11.9. The van der Waals surface area contributed by atoms with E-state index in [1.54, 1.807) is 12.1 Å². The van der Waals surface area contributed by atoms with Gasteiger partial charge in [0.2, 0.25) is 0 Å². The maximum Gasteiger partial charge on any atom is 0.408 e. The summed E-state index contributed by atoms with van der Waals surface area (Å²) in [7, 11) is 0. The van der Waals surface area contributed by atoms with Crippen molar-refractivity contribution in [2.75, 3.05) is 6.61 Å². The monoisotopic (exact) mass is 369 g/mol. The van der Waals surface area contributed by atoms with Crippen molar-refractivity contribution < 1.29 is 19.1 Å². The fraction of sp³-hybridized carbons (Fsp3) is 0.364. The highest BCUT2D eigenvalue weighted by molar-refractivity contribution is 5.89. The largest absolute Gasteiger partial charge is 0.462 e. The quantitative estimate of drug-likeness (QED) is 0.752. The molecule has 0 aromatic heterocycles. The average molecular weight is 369 g/mol. The van der Waals surface area contributed by atoms with Crippen molar-refractivity contribution in [3.63, 3.8) is 0 Å². The Balaban J connectivity index is 1.80. The van der Waals surface area contributed by atoms with Crippen molar-refractivity contribution in [2.24, 2.45) is 0 Å². The van der Waals surface area contributed by atoms with E-state index in [1.165, 1.54) is 0 Å². The first-order valence-electron chi connectivity index (χ1n) is 9.05. The van der Waals surface area contributed by atoms with Gasteiger partial charge in [-0.1, -0.05) is 42.5 Å². The van der Waals surface area contributed by atoms with Crippen LogP contribution in [0.15, 0.2) is 54.6 Å². The van der Waals surface area contributed by atoms with Gasteiger partial charge in [0.25, 0.3) is 0 Å². The number of carbonyl (C=O) groups is 2. The molecule has 0 aliphatic carbocycles. The van der Waals surface area contributed by atoms with Crippen LogP contribution < -0.4 is 5.32 Å². The topological polar surface area (TPSA) is 64.6 Å². The van der Waals surface area contributed by atoms with E-state index in [0.29, 0.717) is 18.6 Å². The summed E-state index contributed by atoms with van der Waals surface area (Å²) in [6.45, 7) is 7.71. The molecular weight excluding hydrogens is 342 g/mol. The summed E-state index contributed by atoms with van der Waals surface area (Å²) in [6, 6.07) is 16.6. The molecule has 0 aliphatic rings. The van der Waals surface area contributed by atoms with Crippen molar-refractivity contribution >= 4 is 12.1 Å². The summed E-state index contributed by atoms with van der Waals surface area (Å²) in [5.74, 6) is -0.317. The molecule has 1 amide bonds. The molecule has 27 heavy (non-hydrogen) atoms. The zero-order valence-corrected chi connectivity index (χ0v) is 16.3. The molecule has 0 bridgehead atoms. The van der Waals surface area contributed by atoms with Crippen LogP contribution >= 0.6 is 0 Å². The van der Waals surface area contributed by atoms with Gasteiger partial charge in [-0.15, -0.1) is 0 Å². The van der Waals surface area contributed by atoms with Gasteiger partial charge in [-0.25, -0.2) is 9.59 Å². The third-order valence-corrected chi connectivity index (χ3v) is 3.85. The summed E-state index contributed by atoms with van der Waals surface area (Å²) < 4.78 is 10.6. The predicted molar refractivity (Wildman–Crippen MR) is 105 cm³/mol. The van der Waals surface area contributed by atoms with Crippen molar-refractivity contribution in [1.82, 2.24) is 5.32 Å². The third kappa shape index (κ3) is 7.13. The highest BCUT2D eigenvalue weighted by atomic mass is 16.6. The number of alkyl carbamates (subject to hydrolysis) is 1. The van der Waals surface area contributed by atoms with Gasteiger partial charge in [-0.05, 0) is 51.0 Å². The number of ether oxygens (including phenoxy) is 2. The molecular formula is C22H27NO4. The van der Waals surface area contributed by atoms with Crippen LogP contribution in [-0.4, -0.2) is 24.3 Å². The average Bonchev–Trinajstić information content (AvgIpc) is 2.61. The summed E-state index contributed by atoms with van der Waals surface area (Å²) in [5.41, 5.74) is 2.06. The molecule has 2 aromatic rings. The second-order valence-corrected chi connectivity index (χ2v) is 7.36. The van der Waals surface area contributed by atoms with Crippen LogP contribution in [0.4, 0.5) is 4.79 Å². The van der Waals surface area contributed by atoms with Crippen LogP contribution in [0.3, 0.4) is 0 Å². The highest BCUT2D eigenvalue weighted by Crippen LogP contribution is 2.15. The second kappa shape index (κ2) is 9.21. The summed E-state index contributed by atoms with van der Waals surface area (Å²) in [6.07, 6.45) is 0.194. The summed E-state index contributed by atoms with van der Waals surface area (Å²) in [4.78, 5) is 23.8. The number of hydrogen-bond acceptors (Lipinski definition) is 4. The smallest absolute Gasteiger partial charge is 0.408 e. The lowest BCUT2D eigenvalue weighted by atomic mass is 10.0. The zero-order valence-electron chi connectivity index (χ0n) is 16.3. The summed E-state index contributed by atoms with van der Waals surface area (Å²) >= 11 is 0. The SMILES string of the molecule is C[C@H](NC(=O)OC(C)(C)C)c1ccc(CCOC(=O)c2ccccc2)cc1. The van der Waals surface area contributed by atoms with E-state index in [2.05, 4.69) is 5.32 Å². The lowest BCUT2D eigenvalue weighted by Gasteiger charge is -2.22. The number of nitrogens with one attached hydrogen (secondary N) is 1. The van der Waals surface area contributed by atoms with Gasteiger partial charge in [0.05, 0.1) is 18.2 Å². The Morgan fingerprint density at radius 2 is 1.63 bits per heavy atom. The molecule has 0 unspecified atom stereocenters. The molecule has 1 N–H and O–H groups in total. The molecule has 0 radical (unpaired) electrons. The molecule has 5 heteroatoms. The van der Waals surface area contributed by atoms with E-state index in [-0.39, 0.29) is 12.0 Å². The number of esters is 1. The van der Waals surface area contributed by atoms with E-state index in [0.717, 1.165) is 11.1 Å². The molecule has 1 atom stereocenters. The van der Waals surface area contributed by atoms with E-state index in [9.17, 15) is 9.59 Å². The first kappa shape index (κ1) is 20.5. The molecule has 2 aromatic carbocycles. The van der Waals surface area contributed by atoms with Crippen LogP contribution in [-0.2, 0) is 15.9 Å². The van der Waals surface area contributed by atoms with E-state index in [4.69, 9.17) is 9.47 Å². The van der Waals surface area contributed by atoms with Gasteiger partial charge in [0.1, 0.15) is 5.60 Å². The van der Waals surface area contributed by atoms with Gasteiger partial charge in [0.15, 0.2) is 0 Å². The Morgan fingerprint density at radius 3 is 2.22 bits per heavy atom. The van der Waals surface area contributed by atoms with E-state index >= 15 is 0 Å². The van der Waals surface area contributed by atoms with Crippen LogP contribution in [0.2, 0.25) is 0 Å².